The molecule has 3 fully saturated rings. The van der Waals surface area contributed by atoms with Crippen molar-refractivity contribution in [2.45, 2.75) is 93.8 Å². The minimum atomic E-state index is -3.00. The van der Waals surface area contributed by atoms with Crippen molar-refractivity contribution in [3.63, 3.8) is 0 Å². The summed E-state index contributed by atoms with van der Waals surface area (Å²) >= 11 is -3.00. The van der Waals surface area contributed by atoms with Gasteiger partial charge in [0.15, 0.2) is 0 Å². The molecule has 9 rings (SSSR count). The summed E-state index contributed by atoms with van der Waals surface area (Å²) < 4.78 is 4.65. The van der Waals surface area contributed by atoms with Gasteiger partial charge in [-0.05, 0) is 0 Å². The van der Waals surface area contributed by atoms with Crippen LogP contribution in [-0.4, -0.2) is 0 Å². The predicted molar refractivity (Wildman–Crippen MR) is 197 cm³/mol. The van der Waals surface area contributed by atoms with Crippen LogP contribution in [0.15, 0.2) is 96.1 Å². The molecule has 2 unspecified atom stereocenters. The van der Waals surface area contributed by atoms with Gasteiger partial charge in [-0.15, -0.1) is 0 Å². The van der Waals surface area contributed by atoms with E-state index in [9.17, 15) is 0 Å². The van der Waals surface area contributed by atoms with E-state index in [2.05, 4.69) is 111 Å². The molecular weight excluding hydrogens is 802 g/mol. The van der Waals surface area contributed by atoms with E-state index in [0.29, 0.717) is 0 Å². The Morgan fingerprint density at radius 1 is 0.510 bits per heavy atom. The molecule has 1 aliphatic heterocycles. The molecule has 0 bridgehead atoms. The Morgan fingerprint density at radius 3 is 1.24 bits per heavy atom. The van der Waals surface area contributed by atoms with Crippen LogP contribution >= 0.6 is 0 Å². The van der Waals surface area contributed by atoms with Crippen LogP contribution < -0.4 is 24.8 Å². The molecule has 49 heavy (non-hydrogen) atoms. The quantitative estimate of drug-likeness (QED) is 0.166. The van der Waals surface area contributed by atoms with Gasteiger partial charge in [0.2, 0.25) is 0 Å². The Morgan fingerprint density at radius 2 is 0.898 bits per heavy atom. The van der Waals surface area contributed by atoms with Gasteiger partial charge < -0.3 is 24.8 Å². The fourth-order valence-corrected chi connectivity index (χ4v) is 38.8. The van der Waals surface area contributed by atoms with Gasteiger partial charge in [0, 0.05) is 0 Å². The molecule has 2 atom stereocenters. The van der Waals surface area contributed by atoms with Gasteiger partial charge in [-0.25, -0.2) is 0 Å². The molecule has 2 saturated carbocycles. The molecule has 252 valence electrons. The summed E-state index contributed by atoms with van der Waals surface area (Å²) in [5, 5.41) is 0. The minimum absolute atomic E-state index is 0. The van der Waals surface area contributed by atoms with Crippen molar-refractivity contribution in [3.05, 3.63) is 129 Å². The van der Waals surface area contributed by atoms with Crippen molar-refractivity contribution in [2.75, 3.05) is 0 Å². The number of halogens is 2. The maximum Gasteiger partial charge on any atom is -1.00 e. The Bertz CT molecular complexity index is 1730. The van der Waals surface area contributed by atoms with Crippen LogP contribution in [0, 0.1) is 11.8 Å². The minimum Gasteiger partial charge on any atom is -1.00 e. The van der Waals surface area contributed by atoms with E-state index in [0.717, 1.165) is 32.0 Å². The standard InChI is InChI=1S/2C22H23.C2H4.2ClH.Hf/c2*1-2-16-10-12-18(13-11-16)21-9-5-8-19-14-20(15-22(19)21)17-6-3-4-7-17;1-2;;;/h2*5,8-15,17H,2-4,6-7H2,1H3;1-2H2;2*1H;/q;;;;;+2/p-2. The molecular formula is C46H50Cl2Hf. The summed E-state index contributed by atoms with van der Waals surface area (Å²) in [4.78, 5) is 0. The van der Waals surface area contributed by atoms with Gasteiger partial charge in [-0.3, -0.25) is 0 Å². The van der Waals surface area contributed by atoms with Crippen molar-refractivity contribution in [3.8, 4) is 22.3 Å². The number of aryl methyl sites for hydroxylation is 2. The van der Waals surface area contributed by atoms with E-state index < -0.39 is 20.0 Å². The van der Waals surface area contributed by atoms with Gasteiger partial charge >= 0.3 is 289 Å². The fourth-order valence-electron chi connectivity index (χ4n) is 10.6. The first-order chi connectivity index (χ1) is 23.2. The van der Waals surface area contributed by atoms with Crippen molar-refractivity contribution in [1.29, 1.82) is 0 Å². The molecule has 3 heteroatoms. The second kappa shape index (κ2) is 14.4. The first-order valence-electron chi connectivity index (χ1n) is 19.1. The zero-order valence-electron chi connectivity index (χ0n) is 29.3. The van der Waals surface area contributed by atoms with Crippen molar-refractivity contribution < 1.29 is 44.8 Å². The molecule has 4 aromatic carbocycles. The SMILES string of the molecule is CCc1ccc(-c2cccc3c2C=C(C2CCCC2)[CH]3[Hf+2]2([CH]3C(C4CCCC4)=Cc4c(-c5ccc(CC)cc5)cccc43)[CH2][CH2]2)cc1.[Cl-].[Cl-]. The van der Waals surface area contributed by atoms with Gasteiger partial charge in [-0.1, -0.05) is 0 Å². The molecule has 0 amide bonds. The van der Waals surface area contributed by atoms with Gasteiger partial charge in [0.1, 0.15) is 0 Å². The van der Waals surface area contributed by atoms with E-state index >= 15 is 0 Å². The number of hydrogen-bond donors (Lipinski definition) is 0. The molecule has 5 aliphatic rings. The van der Waals surface area contributed by atoms with E-state index in [4.69, 9.17) is 0 Å². The van der Waals surface area contributed by atoms with Gasteiger partial charge in [-0.2, -0.15) is 0 Å². The van der Waals surface area contributed by atoms with Crippen LogP contribution in [0.1, 0.15) is 106 Å². The molecule has 4 aromatic rings. The smallest absolute Gasteiger partial charge is 1.00 e. The summed E-state index contributed by atoms with van der Waals surface area (Å²) in [6.45, 7) is 4.53. The first kappa shape index (κ1) is 35.2. The van der Waals surface area contributed by atoms with E-state index in [1.165, 1.54) is 84.7 Å². The molecule has 4 aliphatic carbocycles. The topological polar surface area (TPSA) is 0 Å². The normalized spacial score (nSPS) is 21.5. The third-order valence-electron chi connectivity index (χ3n) is 13.2. The monoisotopic (exact) mass is 852 g/mol. The number of allylic oxidation sites excluding steroid dienone is 2. The van der Waals surface area contributed by atoms with Crippen molar-refractivity contribution in [2.24, 2.45) is 11.8 Å². The van der Waals surface area contributed by atoms with E-state index in [1.54, 1.807) is 30.6 Å². The molecule has 1 saturated heterocycles. The largest absolute Gasteiger partial charge is 1.00 e. The number of benzene rings is 4. The Kier molecular flexibility index (Phi) is 10.4. The van der Waals surface area contributed by atoms with Crippen LogP contribution in [0.4, 0.5) is 0 Å². The third kappa shape index (κ3) is 6.02. The summed E-state index contributed by atoms with van der Waals surface area (Å²) in [5.74, 6) is 1.59. The molecule has 0 aromatic heterocycles. The van der Waals surface area contributed by atoms with E-state index in [-0.39, 0.29) is 24.8 Å². The van der Waals surface area contributed by atoms with Gasteiger partial charge in [0.25, 0.3) is 0 Å². The average molecular weight is 852 g/mol. The molecule has 0 N–H and O–H groups in total. The van der Waals surface area contributed by atoms with E-state index in [1.807, 2.05) is 11.1 Å². The zero-order chi connectivity index (χ0) is 31.5. The summed E-state index contributed by atoms with van der Waals surface area (Å²) in [7, 11) is 0. The number of fused-ring (bicyclic) bond motifs is 2. The van der Waals surface area contributed by atoms with Crippen LogP contribution in [0.5, 0.6) is 0 Å². The molecule has 0 nitrogen and oxygen atoms in total. The number of hydrogen-bond acceptors (Lipinski definition) is 0. The van der Waals surface area contributed by atoms with Gasteiger partial charge in [0.05, 0.1) is 0 Å². The Balaban J connectivity index is 0.00000189. The second-order valence-electron chi connectivity index (χ2n) is 15.6. The third-order valence-corrected chi connectivity index (χ3v) is 32.0. The maximum absolute atomic E-state index is 3.00. The first-order valence-corrected chi connectivity index (χ1v) is 28.3. The maximum atomic E-state index is 2.78. The second-order valence-corrected chi connectivity index (χ2v) is 32.2. The summed E-state index contributed by atoms with van der Waals surface area (Å²) in [6, 6.07) is 33.8. The summed E-state index contributed by atoms with van der Waals surface area (Å²) in [6.07, 6.45) is 19.1. The molecule has 0 spiro atoms. The predicted octanol–water partition coefficient (Wildman–Crippen LogP) is 7.11. The van der Waals surface area contributed by atoms with Crippen molar-refractivity contribution in [1.82, 2.24) is 0 Å². The van der Waals surface area contributed by atoms with Crippen molar-refractivity contribution >= 4 is 12.2 Å². The fraction of sp³-hybridized carbons (Fsp3) is 0.391. The average Bonchev–Trinajstić information content (AvgIpc) is 3.66. The Labute approximate surface area is 312 Å². The zero-order valence-corrected chi connectivity index (χ0v) is 34.4. The number of rotatable bonds is 8. The molecule has 0 radical (unpaired) electrons. The summed E-state index contributed by atoms with van der Waals surface area (Å²) in [5.41, 5.74) is 19.0. The van der Waals surface area contributed by atoms with Crippen LogP contribution in [-0.2, 0) is 32.8 Å². The molecule has 1 heterocycles. The van der Waals surface area contributed by atoms with Crippen LogP contribution in [0.2, 0.25) is 8.35 Å². The Hall–Kier alpha value is -2.19. The van der Waals surface area contributed by atoms with Crippen LogP contribution in [0.25, 0.3) is 34.4 Å². The van der Waals surface area contributed by atoms with Crippen LogP contribution in [0.3, 0.4) is 0 Å².